The van der Waals surface area contributed by atoms with Gasteiger partial charge in [0.2, 0.25) is 6.29 Å². The normalized spacial score (nSPS) is 25.0. The average molecular weight is 230 g/mol. The zero-order chi connectivity index (χ0) is 12.1. The van der Waals surface area contributed by atoms with E-state index in [4.69, 9.17) is 9.47 Å². The van der Waals surface area contributed by atoms with E-state index >= 15 is 0 Å². The lowest BCUT2D eigenvalue weighted by molar-refractivity contribution is -0.207. The molecule has 1 rings (SSSR count). The first-order chi connectivity index (χ1) is 7.49. The molecule has 0 bridgehead atoms. The number of ether oxygens (including phenoxy) is 3. The molecule has 1 aliphatic rings. The summed E-state index contributed by atoms with van der Waals surface area (Å²) in [5.41, 5.74) is 0. The van der Waals surface area contributed by atoms with E-state index in [2.05, 4.69) is 4.74 Å². The summed E-state index contributed by atoms with van der Waals surface area (Å²) in [6.45, 7) is 2.38. The van der Waals surface area contributed by atoms with Crippen molar-refractivity contribution in [3.63, 3.8) is 0 Å². The molecule has 0 amide bonds. The van der Waals surface area contributed by atoms with Gasteiger partial charge in [0.15, 0.2) is 11.9 Å². The van der Waals surface area contributed by atoms with Gasteiger partial charge in [-0.15, -0.1) is 0 Å². The maximum absolute atomic E-state index is 11.4. The third-order valence-electron chi connectivity index (χ3n) is 2.04. The lowest BCUT2D eigenvalue weighted by Crippen LogP contribution is -2.40. The predicted molar refractivity (Wildman–Crippen MR) is 51.3 cm³/mol. The van der Waals surface area contributed by atoms with E-state index < -0.39 is 24.3 Å². The van der Waals surface area contributed by atoms with Crippen LogP contribution >= 0.6 is 0 Å². The Balaban J connectivity index is 2.44. The van der Waals surface area contributed by atoms with Crippen LogP contribution in [0.15, 0.2) is 0 Å². The van der Waals surface area contributed by atoms with E-state index in [0.29, 0.717) is 6.42 Å². The highest BCUT2D eigenvalue weighted by Crippen LogP contribution is 2.17. The van der Waals surface area contributed by atoms with Crippen molar-refractivity contribution >= 4 is 17.7 Å². The molecule has 1 unspecified atom stereocenters. The van der Waals surface area contributed by atoms with E-state index in [0.717, 1.165) is 0 Å². The molecular formula is C10H14O6. The summed E-state index contributed by atoms with van der Waals surface area (Å²) in [6, 6.07) is 0. The van der Waals surface area contributed by atoms with Gasteiger partial charge in [-0.25, -0.2) is 0 Å². The maximum Gasteiger partial charge on any atom is 0.304 e. The average Bonchev–Trinajstić information content (AvgIpc) is 2.18. The summed E-state index contributed by atoms with van der Waals surface area (Å²) in [7, 11) is 0. The molecule has 1 aliphatic heterocycles. The van der Waals surface area contributed by atoms with Gasteiger partial charge >= 0.3 is 11.9 Å². The van der Waals surface area contributed by atoms with Crippen molar-refractivity contribution in [2.75, 3.05) is 6.61 Å². The molecule has 1 fully saturated rings. The maximum atomic E-state index is 11.4. The van der Waals surface area contributed by atoms with Gasteiger partial charge in [-0.05, 0) is 0 Å². The second kappa shape index (κ2) is 5.60. The highest BCUT2D eigenvalue weighted by atomic mass is 16.7. The van der Waals surface area contributed by atoms with Gasteiger partial charge in [0.05, 0.1) is 0 Å². The molecule has 0 N–H and O–H groups in total. The highest BCUT2D eigenvalue weighted by Gasteiger charge is 2.31. The lowest BCUT2D eigenvalue weighted by Gasteiger charge is -2.27. The van der Waals surface area contributed by atoms with Crippen molar-refractivity contribution in [2.24, 2.45) is 0 Å². The number of carbonyl (C=O) groups is 3. The smallest absolute Gasteiger partial charge is 0.304 e. The summed E-state index contributed by atoms with van der Waals surface area (Å²) in [5.74, 6) is -1.10. The van der Waals surface area contributed by atoms with Crippen molar-refractivity contribution in [3.8, 4) is 0 Å². The Morgan fingerprint density at radius 3 is 2.62 bits per heavy atom. The van der Waals surface area contributed by atoms with E-state index in [-0.39, 0.29) is 18.8 Å². The molecule has 1 saturated heterocycles. The van der Waals surface area contributed by atoms with Crippen LogP contribution in [-0.2, 0) is 28.6 Å². The van der Waals surface area contributed by atoms with Crippen LogP contribution in [-0.4, -0.2) is 36.7 Å². The molecule has 0 aromatic heterocycles. The van der Waals surface area contributed by atoms with Crippen molar-refractivity contribution < 1.29 is 28.6 Å². The van der Waals surface area contributed by atoms with Gasteiger partial charge in [0, 0.05) is 26.7 Å². The quantitative estimate of drug-likeness (QED) is 0.644. The van der Waals surface area contributed by atoms with E-state index in [1.54, 1.807) is 0 Å². The number of hydrogen-bond acceptors (Lipinski definition) is 6. The minimum absolute atomic E-state index is 0.133. The minimum Gasteiger partial charge on any atom is -0.463 e. The van der Waals surface area contributed by atoms with Crippen LogP contribution in [0, 0.1) is 0 Å². The SMILES string of the molecule is CC(=O)OC[C@H]1OC(OC(C)=O)CCC1=O. The minimum atomic E-state index is -0.831. The topological polar surface area (TPSA) is 78.9 Å². The summed E-state index contributed by atoms with van der Waals surface area (Å²) in [5, 5.41) is 0. The molecule has 16 heavy (non-hydrogen) atoms. The fourth-order valence-corrected chi connectivity index (χ4v) is 1.35. The molecule has 0 radical (unpaired) electrons. The van der Waals surface area contributed by atoms with E-state index in [1.807, 2.05) is 0 Å². The van der Waals surface area contributed by atoms with Crippen molar-refractivity contribution in [3.05, 3.63) is 0 Å². The first-order valence-corrected chi connectivity index (χ1v) is 4.98. The van der Waals surface area contributed by atoms with Crippen LogP contribution in [0.5, 0.6) is 0 Å². The fraction of sp³-hybridized carbons (Fsp3) is 0.700. The first-order valence-electron chi connectivity index (χ1n) is 4.98. The van der Waals surface area contributed by atoms with Crippen LogP contribution in [0.2, 0.25) is 0 Å². The second-order valence-electron chi connectivity index (χ2n) is 3.47. The monoisotopic (exact) mass is 230 g/mol. The number of Topliss-reactive ketones (excluding diaryl/α,β-unsaturated/α-hetero) is 1. The molecular weight excluding hydrogens is 216 g/mol. The molecule has 0 saturated carbocycles. The summed E-state index contributed by atoms with van der Waals surface area (Å²) in [4.78, 5) is 32.7. The third kappa shape index (κ3) is 3.98. The molecule has 2 atom stereocenters. The van der Waals surface area contributed by atoms with Crippen LogP contribution in [0.1, 0.15) is 26.7 Å². The number of esters is 2. The van der Waals surface area contributed by atoms with Gasteiger partial charge in [-0.3, -0.25) is 14.4 Å². The number of hydrogen-bond donors (Lipinski definition) is 0. The molecule has 0 aromatic carbocycles. The molecule has 0 aromatic rings. The predicted octanol–water partition coefficient (Wildman–Crippen LogP) is 0.187. The Labute approximate surface area is 92.8 Å². The summed E-state index contributed by atoms with van der Waals surface area (Å²) < 4.78 is 14.7. The van der Waals surface area contributed by atoms with Gasteiger partial charge < -0.3 is 14.2 Å². The number of rotatable bonds is 3. The molecule has 90 valence electrons. The van der Waals surface area contributed by atoms with Crippen LogP contribution in [0.25, 0.3) is 0 Å². The molecule has 0 spiro atoms. The lowest BCUT2D eigenvalue weighted by atomic mass is 10.1. The summed E-state index contributed by atoms with van der Waals surface area (Å²) >= 11 is 0. The van der Waals surface area contributed by atoms with E-state index in [1.165, 1.54) is 13.8 Å². The molecule has 6 heteroatoms. The Morgan fingerprint density at radius 1 is 1.38 bits per heavy atom. The van der Waals surface area contributed by atoms with Gasteiger partial charge in [0.1, 0.15) is 6.61 Å². The van der Waals surface area contributed by atoms with Crippen molar-refractivity contribution in [2.45, 2.75) is 39.1 Å². The first kappa shape index (κ1) is 12.6. The Bertz CT molecular complexity index is 298. The van der Waals surface area contributed by atoms with Crippen molar-refractivity contribution in [1.82, 2.24) is 0 Å². The Kier molecular flexibility index (Phi) is 4.42. The largest absolute Gasteiger partial charge is 0.463 e. The van der Waals surface area contributed by atoms with Crippen LogP contribution < -0.4 is 0 Å². The van der Waals surface area contributed by atoms with Crippen molar-refractivity contribution in [1.29, 1.82) is 0 Å². The van der Waals surface area contributed by atoms with E-state index in [9.17, 15) is 14.4 Å². The molecule has 1 heterocycles. The summed E-state index contributed by atoms with van der Waals surface area (Å²) in [6.07, 6.45) is -0.962. The number of ketones is 1. The highest BCUT2D eigenvalue weighted by molar-refractivity contribution is 5.84. The second-order valence-corrected chi connectivity index (χ2v) is 3.47. The Hall–Kier alpha value is -1.43. The third-order valence-corrected chi connectivity index (χ3v) is 2.04. The van der Waals surface area contributed by atoms with Crippen LogP contribution in [0.3, 0.4) is 0 Å². The zero-order valence-corrected chi connectivity index (χ0v) is 9.23. The number of carbonyl (C=O) groups excluding carboxylic acids is 3. The fourth-order valence-electron chi connectivity index (χ4n) is 1.35. The Morgan fingerprint density at radius 2 is 2.06 bits per heavy atom. The molecule has 0 aliphatic carbocycles. The van der Waals surface area contributed by atoms with Gasteiger partial charge in [-0.1, -0.05) is 0 Å². The standard InChI is InChI=1S/C10H14O6/c1-6(11)14-5-9-8(13)3-4-10(16-9)15-7(2)12/h9-10H,3-5H2,1-2H3/t9-,10?/m1/s1. The zero-order valence-electron chi connectivity index (χ0n) is 9.23. The van der Waals surface area contributed by atoms with Crippen LogP contribution in [0.4, 0.5) is 0 Å². The van der Waals surface area contributed by atoms with Gasteiger partial charge in [0.25, 0.3) is 0 Å². The van der Waals surface area contributed by atoms with Gasteiger partial charge in [-0.2, -0.15) is 0 Å². The molecule has 6 nitrogen and oxygen atoms in total.